The Kier molecular flexibility index (Phi) is 7.00. The van der Waals surface area contributed by atoms with Crippen LogP contribution in [0.15, 0.2) is 86.7 Å². The highest BCUT2D eigenvalue weighted by Gasteiger charge is 2.46. The second kappa shape index (κ2) is 10.1. The van der Waals surface area contributed by atoms with Crippen LogP contribution in [0.5, 0.6) is 5.75 Å². The largest absolute Gasteiger partial charge is 0.496 e. The molecule has 0 aromatic heterocycles. The minimum absolute atomic E-state index is 0.245. The molecule has 0 saturated carbocycles. The van der Waals surface area contributed by atoms with Crippen molar-refractivity contribution in [2.75, 3.05) is 20.2 Å². The van der Waals surface area contributed by atoms with E-state index < -0.39 is 0 Å². The first-order valence-corrected chi connectivity index (χ1v) is 13.1. The summed E-state index contributed by atoms with van der Waals surface area (Å²) in [7, 11) is 1.72. The zero-order chi connectivity index (χ0) is 22.8. The van der Waals surface area contributed by atoms with Gasteiger partial charge in [-0.1, -0.05) is 68.3 Å². The fourth-order valence-electron chi connectivity index (χ4n) is 5.54. The van der Waals surface area contributed by atoms with Gasteiger partial charge in [-0.2, -0.15) is 0 Å². The second-order valence-electron chi connectivity index (χ2n) is 8.96. The number of hydrogen-bond acceptors (Lipinski definition) is 3. The summed E-state index contributed by atoms with van der Waals surface area (Å²) in [5.41, 5.74) is 3.73. The van der Waals surface area contributed by atoms with Crippen LogP contribution < -0.4 is 4.74 Å². The molecule has 33 heavy (non-hydrogen) atoms. The molecule has 0 radical (unpaired) electrons. The predicted octanol–water partition coefficient (Wildman–Crippen LogP) is 6.93. The first kappa shape index (κ1) is 22.8. The molecule has 0 amide bonds. The molecule has 3 aromatic carbocycles. The molecule has 0 aliphatic carbocycles. The number of ether oxygens (including phenoxy) is 1. The average molecular weight is 568 g/mol. The van der Waals surface area contributed by atoms with Gasteiger partial charge < -0.3 is 4.74 Å². The second-order valence-corrected chi connectivity index (χ2v) is 10.8. The summed E-state index contributed by atoms with van der Waals surface area (Å²) in [4.78, 5) is 7.95. The van der Waals surface area contributed by atoms with Crippen molar-refractivity contribution in [3.63, 3.8) is 0 Å². The lowest BCUT2D eigenvalue weighted by atomic mass is 9.71. The Morgan fingerprint density at radius 3 is 2.03 bits per heavy atom. The van der Waals surface area contributed by atoms with Gasteiger partial charge in [-0.3, -0.25) is 9.89 Å². The maximum Gasteiger partial charge on any atom is 0.127 e. The van der Waals surface area contributed by atoms with Gasteiger partial charge in [-0.15, -0.1) is 0 Å². The molecule has 2 bridgehead atoms. The molecule has 0 spiro atoms. The molecule has 3 aromatic rings. The van der Waals surface area contributed by atoms with Crippen molar-refractivity contribution in [3.8, 4) is 5.75 Å². The lowest BCUT2D eigenvalue weighted by Crippen LogP contribution is -2.59. The molecule has 3 fully saturated rings. The Hall–Kier alpha value is -1.95. The van der Waals surface area contributed by atoms with E-state index in [4.69, 9.17) is 9.73 Å². The summed E-state index contributed by atoms with van der Waals surface area (Å²) < 4.78 is 7.79. The molecular formula is C28H28Br2N2O. The van der Waals surface area contributed by atoms with Gasteiger partial charge in [0.25, 0.3) is 0 Å². The highest BCUT2D eigenvalue weighted by atomic mass is 79.9. The number of piperidine rings is 3. The molecular weight excluding hydrogens is 540 g/mol. The van der Waals surface area contributed by atoms with Gasteiger partial charge in [-0.25, -0.2) is 0 Å². The molecule has 6 rings (SSSR count). The number of fused-ring (bicyclic) bond motifs is 3. The number of hydrogen-bond donors (Lipinski definition) is 0. The van der Waals surface area contributed by atoms with E-state index in [1.165, 1.54) is 24.0 Å². The van der Waals surface area contributed by atoms with Gasteiger partial charge >= 0.3 is 0 Å². The van der Waals surface area contributed by atoms with E-state index in [0.717, 1.165) is 33.3 Å². The Labute approximate surface area is 213 Å². The zero-order valence-corrected chi connectivity index (χ0v) is 21.9. The van der Waals surface area contributed by atoms with E-state index in [-0.39, 0.29) is 12.0 Å². The summed E-state index contributed by atoms with van der Waals surface area (Å²) in [5, 5.41) is 0. The number of halogens is 2. The first-order chi connectivity index (χ1) is 16.1. The maximum atomic E-state index is 5.57. The fraction of sp³-hybridized carbons (Fsp3) is 0.321. The SMILES string of the molecule is COc1ccccc1/C=N/[C@@H]1C2CCN(CC2)[C@H]1C(c1ccc(Br)cc1)c1ccc(Br)cc1. The molecule has 3 aliphatic rings. The van der Waals surface area contributed by atoms with Crippen molar-refractivity contribution in [3.05, 3.63) is 98.4 Å². The van der Waals surface area contributed by atoms with Crippen molar-refractivity contribution in [2.45, 2.75) is 30.8 Å². The Morgan fingerprint density at radius 1 is 0.879 bits per heavy atom. The van der Waals surface area contributed by atoms with Crippen molar-refractivity contribution < 1.29 is 4.74 Å². The number of methoxy groups -OCH3 is 1. The number of rotatable bonds is 6. The fourth-order valence-corrected chi connectivity index (χ4v) is 6.07. The Morgan fingerprint density at radius 2 is 1.45 bits per heavy atom. The van der Waals surface area contributed by atoms with Crippen LogP contribution in [0.3, 0.4) is 0 Å². The van der Waals surface area contributed by atoms with Gasteiger partial charge in [0, 0.05) is 32.7 Å². The number of para-hydroxylation sites is 1. The molecule has 5 heteroatoms. The average Bonchev–Trinajstić information content (AvgIpc) is 2.86. The van der Waals surface area contributed by atoms with Gasteiger partial charge in [0.1, 0.15) is 5.75 Å². The smallest absolute Gasteiger partial charge is 0.127 e. The van der Waals surface area contributed by atoms with E-state index >= 15 is 0 Å². The summed E-state index contributed by atoms with van der Waals surface area (Å²) in [6.07, 6.45) is 4.48. The van der Waals surface area contributed by atoms with Crippen LogP contribution >= 0.6 is 31.9 Å². The molecule has 3 aliphatic heterocycles. The molecule has 3 heterocycles. The normalized spacial score (nSPS) is 24.5. The molecule has 3 saturated heterocycles. The van der Waals surface area contributed by atoms with Crippen LogP contribution in [0, 0.1) is 5.92 Å². The monoisotopic (exact) mass is 566 g/mol. The van der Waals surface area contributed by atoms with Crippen molar-refractivity contribution >= 4 is 38.1 Å². The van der Waals surface area contributed by atoms with Crippen molar-refractivity contribution in [1.29, 1.82) is 0 Å². The third kappa shape index (κ3) is 4.82. The predicted molar refractivity (Wildman–Crippen MR) is 143 cm³/mol. The Bertz CT molecular complexity index is 1060. The van der Waals surface area contributed by atoms with E-state index in [9.17, 15) is 0 Å². The number of aliphatic imine (C=N–C) groups is 1. The molecule has 0 unspecified atom stereocenters. The topological polar surface area (TPSA) is 24.8 Å². The Balaban J connectivity index is 1.57. The lowest BCUT2D eigenvalue weighted by molar-refractivity contribution is 0.0215. The van der Waals surface area contributed by atoms with E-state index in [1.54, 1.807) is 7.11 Å². The van der Waals surface area contributed by atoms with Crippen molar-refractivity contribution in [1.82, 2.24) is 4.90 Å². The minimum Gasteiger partial charge on any atom is -0.496 e. The highest BCUT2D eigenvalue weighted by Crippen LogP contribution is 2.43. The summed E-state index contributed by atoms with van der Waals surface area (Å²) in [6.45, 7) is 2.30. The highest BCUT2D eigenvalue weighted by molar-refractivity contribution is 9.10. The molecule has 2 atom stereocenters. The van der Waals surface area contributed by atoms with Crippen LogP contribution in [0.1, 0.15) is 35.4 Å². The molecule has 0 N–H and O–H groups in total. The van der Waals surface area contributed by atoms with E-state index in [0.29, 0.717) is 12.0 Å². The summed E-state index contributed by atoms with van der Waals surface area (Å²) in [5.74, 6) is 1.74. The van der Waals surface area contributed by atoms with Crippen LogP contribution in [0.4, 0.5) is 0 Å². The van der Waals surface area contributed by atoms with Crippen LogP contribution in [0.25, 0.3) is 0 Å². The van der Waals surface area contributed by atoms with Gasteiger partial charge in [0.2, 0.25) is 0 Å². The molecule has 3 nitrogen and oxygen atoms in total. The number of benzene rings is 3. The zero-order valence-electron chi connectivity index (χ0n) is 18.7. The van der Waals surface area contributed by atoms with Gasteiger partial charge in [-0.05, 0) is 79.4 Å². The summed E-state index contributed by atoms with van der Waals surface area (Å²) in [6, 6.07) is 26.4. The lowest BCUT2D eigenvalue weighted by Gasteiger charge is -2.52. The minimum atomic E-state index is 0.245. The standard InChI is InChI=1S/C28H28Br2N2O/c1-33-25-5-3-2-4-22(25)18-31-27-21-14-16-32(17-15-21)28(27)26(19-6-10-23(29)11-7-19)20-8-12-24(30)13-9-20/h2-13,18,21,26-28H,14-17H2,1H3/b31-18+/t27-,28+/m1/s1. The first-order valence-electron chi connectivity index (χ1n) is 11.5. The van der Waals surface area contributed by atoms with E-state index in [2.05, 4.69) is 91.4 Å². The van der Waals surface area contributed by atoms with Crippen LogP contribution in [-0.2, 0) is 0 Å². The third-order valence-corrected chi connectivity index (χ3v) is 8.21. The van der Waals surface area contributed by atoms with Crippen LogP contribution in [-0.4, -0.2) is 43.4 Å². The molecule has 170 valence electrons. The van der Waals surface area contributed by atoms with Gasteiger partial charge in [0.15, 0.2) is 0 Å². The third-order valence-electron chi connectivity index (χ3n) is 7.15. The summed E-state index contributed by atoms with van der Waals surface area (Å²) >= 11 is 7.23. The quantitative estimate of drug-likeness (QED) is 0.302. The van der Waals surface area contributed by atoms with Crippen molar-refractivity contribution in [2.24, 2.45) is 10.9 Å². The maximum absolute atomic E-state index is 5.57. The van der Waals surface area contributed by atoms with Gasteiger partial charge in [0.05, 0.1) is 13.2 Å². The van der Waals surface area contributed by atoms with E-state index in [1.807, 2.05) is 24.4 Å². The van der Waals surface area contributed by atoms with Crippen LogP contribution in [0.2, 0.25) is 0 Å². The number of nitrogens with zero attached hydrogens (tertiary/aromatic N) is 2.